The van der Waals surface area contributed by atoms with Crippen LogP contribution in [0.4, 0.5) is 5.82 Å². The molecule has 1 saturated heterocycles. The molecule has 2 rings (SSSR count). The number of ether oxygens (including phenoxy) is 1. The number of methoxy groups -OCH3 is 1. The van der Waals surface area contributed by atoms with Gasteiger partial charge in [0.25, 0.3) is 0 Å². The first-order chi connectivity index (χ1) is 9.54. The second-order valence-corrected chi connectivity index (χ2v) is 5.26. The van der Waals surface area contributed by atoms with Crippen LogP contribution in [0.25, 0.3) is 0 Å². The van der Waals surface area contributed by atoms with Crippen LogP contribution < -0.4 is 9.64 Å². The number of aromatic nitrogens is 2. The Kier molecular flexibility index (Phi) is 4.11. The third-order valence-electron chi connectivity index (χ3n) is 4.36. The molecular weight excluding hydrogens is 258 g/mol. The van der Waals surface area contributed by atoms with Crippen LogP contribution in [-0.2, 0) is 4.79 Å². The molecule has 1 aliphatic rings. The van der Waals surface area contributed by atoms with Gasteiger partial charge in [0.05, 0.1) is 18.1 Å². The molecule has 0 bridgehead atoms. The molecule has 1 fully saturated rings. The summed E-state index contributed by atoms with van der Waals surface area (Å²) in [4.78, 5) is 22.0. The number of carboxylic acid groups (broad SMARTS) is 1. The van der Waals surface area contributed by atoms with Crippen molar-refractivity contribution in [3.8, 4) is 5.88 Å². The summed E-state index contributed by atoms with van der Waals surface area (Å²) in [6, 6.07) is 0. The fourth-order valence-electron chi connectivity index (χ4n) is 2.82. The highest BCUT2D eigenvalue weighted by Crippen LogP contribution is 2.37. The van der Waals surface area contributed by atoms with Crippen LogP contribution in [0.3, 0.4) is 0 Å². The van der Waals surface area contributed by atoms with Gasteiger partial charge < -0.3 is 14.7 Å². The van der Waals surface area contributed by atoms with Gasteiger partial charge in [0.1, 0.15) is 12.1 Å². The zero-order valence-electron chi connectivity index (χ0n) is 12.2. The number of nitrogens with zero attached hydrogens (tertiary/aromatic N) is 3. The average molecular weight is 279 g/mol. The zero-order chi connectivity index (χ0) is 14.8. The number of aliphatic carboxylic acids is 1. The fraction of sp³-hybridized carbons (Fsp3) is 0.643. The van der Waals surface area contributed by atoms with Gasteiger partial charge in [0.15, 0.2) is 0 Å². The van der Waals surface area contributed by atoms with E-state index in [2.05, 4.69) is 14.9 Å². The standard InChI is InChI=1S/C14H21N3O3/c1-4-14(13(18)19)5-7-17(8-6-14)11-10(2)12(20-3)16-9-15-11/h9H,4-8H2,1-3H3,(H,18,19). The summed E-state index contributed by atoms with van der Waals surface area (Å²) in [6.07, 6.45) is 3.44. The van der Waals surface area contributed by atoms with Crippen LogP contribution in [0.15, 0.2) is 6.33 Å². The minimum atomic E-state index is -0.684. The highest BCUT2D eigenvalue weighted by Gasteiger charge is 2.40. The predicted octanol–water partition coefficient (Wildman–Crippen LogP) is 1.87. The fourth-order valence-corrected chi connectivity index (χ4v) is 2.82. The number of carboxylic acids is 1. The molecule has 0 saturated carbocycles. The summed E-state index contributed by atoms with van der Waals surface area (Å²) in [5.41, 5.74) is 0.316. The molecule has 0 aliphatic carbocycles. The van der Waals surface area contributed by atoms with Gasteiger partial charge in [-0.1, -0.05) is 6.92 Å². The second kappa shape index (κ2) is 5.64. The van der Waals surface area contributed by atoms with Crippen LogP contribution in [0, 0.1) is 12.3 Å². The lowest BCUT2D eigenvalue weighted by molar-refractivity contribution is -0.150. The first kappa shape index (κ1) is 14.6. The van der Waals surface area contributed by atoms with E-state index < -0.39 is 11.4 Å². The quantitative estimate of drug-likeness (QED) is 0.907. The maximum Gasteiger partial charge on any atom is 0.309 e. The van der Waals surface area contributed by atoms with Crippen LogP contribution in [0.2, 0.25) is 0 Å². The van der Waals surface area contributed by atoms with Crippen molar-refractivity contribution in [1.29, 1.82) is 0 Å². The molecule has 1 N–H and O–H groups in total. The number of rotatable bonds is 4. The van der Waals surface area contributed by atoms with Gasteiger partial charge in [0.2, 0.25) is 5.88 Å². The Hall–Kier alpha value is -1.85. The van der Waals surface area contributed by atoms with Crippen molar-refractivity contribution in [1.82, 2.24) is 9.97 Å². The Labute approximate surface area is 118 Å². The van der Waals surface area contributed by atoms with Crippen LogP contribution in [0.1, 0.15) is 31.7 Å². The molecule has 6 nitrogen and oxygen atoms in total. The highest BCUT2D eigenvalue weighted by atomic mass is 16.5. The van der Waals surface area contributed by atoms with Gasteiger partial charge in [-0.15, -0.1) is 0 Å². The van der Waals surface area contributed by atoms with E-state index in [-0.39, 0.29) is 0 Å². The summed E-state index contributed by atoms with van der Waals surface area (Å²) >= 11 is 0. The molecule has 20 heavy (non-hydrogen) atoms. The molecule has 110 valence electrons. The number of hydrogen-bond acceptors (Lipinski definition) is 5. The molecule has 0 radical (unpaired) electrons. The second-order valence-electron chi connectivity index (χ2n) is 5.26. The number of anilines is 1. The molecule has 0 amide bonds. The van der Waals surface area contributed by atoms with E-state index in [0.29, 0.717) is 38.2 Å². The Balaban J connectivity index is 2.17. The first-order valence-corrected chi connectivity index (χ1v) is 6.88. The minimum absolute atomic E-state index is 0.570. The summed E-state index contributed by atoms with van der Waals surface area (Å²) in [5.74, 6) is 0.726. The molecule has 0 unspecified atom stereocenters. The third-order valence-corrected chi connectivity index (χ3v) is 4.36. The molecule has 1 aromatic heterocycles. The Morgan fingerprint density at radius 2 is 2.10 bits per heavy atom. The number of hydrogen-bond donors (Lipinski definition) is 1. The maximum atomic E-state index is 11.5. The Bertz CT molecular complexity index is 496. The zero-order valence-corrected chi connectivity index (χ0v) is 12.2. The smallest absolute Gasteiger partial charge is 0.309 e. The van der Waals surface area contributed by atoms with Crippen molar-refractivity contribution >= 4 is 11.8 Å². The van der Waals surface area contributed by atoms with E-state index in [1.165, 1.54) is 6.33 Å². The first-order valence-electron chi connectivity index (χ1n) is 6.88. The van der Waals surface area contributed by atoms with E-state index in [9.17, 15) is 9.90 Å². The SMILES string of the molecule is CCC1(C(=O)O)CCN(c2ncnc(OC)c2C)CC1. The van der Waals surface area contributed by atoms with Crippen molar-refractivity contribution in [2.45, 2.75) is 33.1 Å². The molecule has 0 atom stereocenters. The molecule has 1 aromatic rings. The van der Waals surface area contributed by atoms with E-state index in [1.54, 1.807) is 7.11 Å². The van der Waals surface area contributed by atoms with Crippen molar-refractivity contribution in [2.75, 3.05) is 25.1 Å². The molecule has 0 aromatic carbocycles. The summed E-state index contributed by atoms with van der Waals surface area (Å²) in [5, 5.41) is 9.42. The van der Waals surface area contributed by atoms with Gasteiger partial charge in [-0.05, 0) is 26.2 Å². The topological polar surface area (TPSA) is 75.5 Å². The monoisotopic (exact) mass is 279 g/mol. The number of piperidine rings is 1. The largest absolute Gasteiger partial charge is 0.481 e. The van der Waals surface area contributed by atoms with Gasteiger partial charge >= 0.3 is 5.97 Å². The van der Waals surface area contributed by atoms with Crippen LogP contribution in [-0.4, -0.2) is 41.2 Å². The van der Waals surface area contributed by atoms with Gasteiger partial charge in [-0.3, -0.25) is 4.79 Å². The molecule has 6 heteroatoms. The molecular formula is C14H21N3O3. The predicted molar refractivity (Wildman–Crippen MR) is 75.1 cm³/mol. The average Bonchev–Trinajstić information content (AvgIpc) is 2.47. The number of carbonyl (C=O) groups is 1. The lowest BCUT2D eigenvalue weighted by Gasteiger charge is -2.39. The van der Waals surface area contributed by atoms with E-state index >= 15 is 0 Å². The van der Waals surface area contributed by atoms with Crippen molar-refractivity contribution < 1.29 is 14.6 Å². The summed E-state index contributed by atoms with van der Waals surface area (Å²) in [6.45, 7) is 5.26. The normalized spacial score (nSPS) is 17.9. The van der Waals surface area contributed by atoms with Gasteiger partial charge in [-0.25, -0.2) is 9.97 Å². The summed E-state index contributed by atoms with van der Waals surface area (Å²) in [7, 11) is 1.59. The highest BCUT2D eigenvalue weighted by molar-refractivity contribution is 5.75. The van der Waals surface area contributed by atoms with Gasteiger partial charge in [-0.2, -0.15) is 0 Å². The minimum Gasteiger partial charge on any atom is -0.481 e. The van der Waals surface area contributed by atoms with Crippen LogP contribution in [0.5, 0.6) is 5.88 Å². The Morgan fingerprint density at radius 1 is 1.45 bits per heavy atom. The summed E-state index contributed by atoms with van der Waals surface area (Å²) < 4.78 is 5.20. The lowest BCUT2D eigenvalue weighted by atomic mass is 9.76. The van der Waals surface area contributed by atoms with Crippen molar-refractivity contribution in [2.24, 2.45) is 5.41 Å². The van der Waals surface area contributed by atoms with E-state index in [4.69, 9.17) is 4.74 Å². The maximum absolute atomic E-state index is 11.5. The molecule has 0 spiro atoms. The van der Waals surface area contributed by atoms with E-state index in [0.717, 1.165) is 11.4 Å². The molecule has 2 heterocycles. The Morgan fingerprint density at radius 3 is 2.60 bits per heavy atom. The van der Waals surface area contributed by atoms with Crippen molar-refractivity contribution in [3.63, 3.8) is 0 Å². The third kappa shape index (κ3) is 2.42. The lowest BCUT2D eigenvalue weighted by Crippen LogP contribution is -2.44. The van der Waals surface area contributed by atoms with E-state index in [1.807, 2.05) is 13.8 Å². The molecule has 1 aliphatic heterocycles. The van der Waals surface area contributed by atoms with Crippen molar-refractivity contribution in [3.05, 3.63) is 11.9 Å². The van der Waals surface area contributed by atoms with Crippen LogP contribution >= 0.6 is 0 Å². The van der Waals surface area contributed by atoms with Gasteiger partial charge in [0, 0.05) is 13.1 Å².